The molecule has 0 aliphatic heterocycles. The van der Waals surface area contributed by atoms with Gasteiger partial charge in [0.1, 0.15) is 6.29 Å². The Balaban J connectivity index is 2.95. The molecule has 0 unspecified atom stereocenters. The smallest absolute Gasteiger partial charge is 0.124 e. The summed E-state index contributed by atoms with van der Waals surface area (Å²) in [5, 5.41) is 4.19. The van der Waals surface area contributed by atoms with Crippen LogP contribution in [0.15, 0.2) is 6.20 Å². The van der Waals surface area contributed by atoms with E-state index in [1.165, 1.54) is 0 Å². The number of hydrogen-bond acceptors (Lipinski definition) is 2. The standard InChI is InChI=1S/C9H14N2O/c1-7(2)11-8(3)9(4-5-12)6-10-11/h5-7H,4H2,1-3H3. The summed E-state index contributed by atoms with van der Waals surface area (Å²) in [6.07, 6.45) is 3.15. The summed E-state index contributed by atoms with van der Waals surface area (Å²) < 4.78 is 1.93. The average molecular weight is 166 g/mol. The lowest BCUT2D eigenvalue weighted by molar-refractivity contribution is -0.107. The second-order valence-corrected chi connectivity index (χ2v) is 3.16. The number of rotatable bonds is 3. The zero-order valence-corrected chi connectivity index (χ0v) is 7.74. The van der Waals surface area contributed by atoms with E-state index in [1.807, 2.05) is 11.6 Å². The Morgan fingerprint density at radius 1 is 1.67 bits per heavy atom. The van der Waals surface area contributed by atoms with E-state index in [4.69, 9.17) is 0 Å². The molecule has 3 heteroatoms. The first-order valence-electron chi connectivity index (χ1n) is 4.13. The molecule has 0 saturated carbocycles. The first-order chi connectivity index (χ1) is 5.66. The summed E-state index contributed by atoms with van der Waals surface area (Å²) in [6, 6.07) is 0.366. The molecule has 0 aliphatic rings. The van der Waals surface area contributed by atoms with Crippen LogP contribution in [0.1, 0.15) is 31.1 Å². The van der Waals surface area contributed by atoms with Gasteiger partial charge in [-0.15, -0.1) is 0 Å². The van der Waals surface area contributed by atoms with Gasteiger partial charge in [-0.3, -0.25) is 4.68 Å². The number of carbonyl (C=O) groups is 1. The highest BCUT2D eigenvalue weighted by Gasteiger charge is 2.07. The van der Waals surface area contributed by atoms with E-state index in [0.717, 1.165) is 17.5 Å². The maximum atomic E-state index is 10.3. The molecule has 0 spiro atoms. The third kappa shape index (κ3) is 1.55. The molecule has 1 rings (SSSR count). The Labute approximate surface area is 72.4 Å². The molecule has 1 aromatic rings. The van der Waals surface area contributed by atoms with E-state index in [0.29, 0.717) is 12.5 Å². The molecule has 0 aliphatic carbocycles. The fraction of sp³-hybridized carbons (Fsp3) is 0.556. The van der Waals surface area contributed by atoms with Crippen LogP contribution < -0.4 is 0 Å². The maximum absolute atomic E-state index is 10.3. The molecular formula is C9H14N2O. The second-order valence-electron chi connectivity index (χ2n) is 3.16. The highest BCUT2D eigenvalue weighted by atomic mass is 16.1. The van der Waals surface area contributed by atoms with Crippen molar-refractivity contribution in [2.24, 2.45) is 0 Å². The molecule has 12 heavy (non-hydrogen) atoms. The topological polar surface area (TPSA) is 34.9 Å². The normalized spacial score (nSPS) is 10.7. The van der Waals surface area contributed by atoms with E-state index in [2.05, 4.69) is 18.9 Å². The van der Waals surface area contributed by atoms with Crippen LogP contribution in [0.2, 0.25) is 0 Å². The van der Waals surface area contributed by atoms with E-state index in [-0.39, 0.29) is 0 Å². The van der Waals surface area contributed by atoms with Gasteiger partial charge in [0.25, 0.3) is 0 Å². The van der Waals surface area contributed by atoms with Gasteiger partial charge >= 0.3 is 0 Å². The summed E-state index contributed by atoms with van der Waals surface area (Å²) in [5.74, 6) is 0. The van der Waals surface area contributed by atoms with E-state index >= 15 is 0 Å². The quantitative estimate of drug-likeness (QED) is 0.638. The SMILES string of the molecule is Cc1c(CC=O)cnn1C(C)C. The number of nitrogens with zero attached hydrogens (tertiary/aromatic N) is 2. The molecule has 1 aromatic heterocycles. The summed E-state index contributed by atoms with van der Waals surface area (Å²) in [4.78, 5) is 10.3. The molecule has 3 nitrogen and oxygen atoms in total. The molecule has 1 heterocycles. The fourth-order valence-electron chi connectivity index (χ4n) is 1.27. The Morgan fingerprint density at radius 3 is 2.75 bits per heavy atom. The minimum absolute atomic E-state index is 0.366. The zero-order chi connectivity index (χ0) is 9.14. The molecule has 0 fully saturated rings. The summed E-state index contributed by atoms with van der Waals surface area (Å²) in [5.41, 5.74) is 2.12. The van der Waals surface area contributed by atoms with Gasteiger partial charge in [-0.05, 0) is 20.8 Å². The van der Waals surface area contributed by atoms with Crippen molar-refractivity contribution in [2.45, 2.75) is 33.2 Å². The lowest BCUT2D eigenvalue weighted by Gasteiger charge is -2.07. The number of hydrogen-bond donors (Lipinski definition) is 0. The van der Waals surface area contributed by atoms with Gasteiger partial charge in [-0.2, -0.15) is 5.10 Å². The van der Waals surface area contributed by atoms with Gasteiger partial charge in [-0.25, -0.2) is 0 Å². The van der Waals surface area contributed by atoms with Gasteiger partial charge in [0.05, 0.1) is 6.20 Å². The summed E-state index contributed by atoms with van der Waals surface area (Å²) in [7, 11) is 0. The second kappa shape index (κ2) is 3.52. The highest BCUT2D eigenvalue weighted by Crippen LogP contribution is 2.12. The average Bonchev–Trinajstić information content (AvgIpc) is 2.34. The zero-order valence-electron chi connectivity index (χ0n) is 7.74. The minimum Gasteiger partial charge on any atom is -0.303 e. The fourth-order valence-corrected chi connectivity index (χ4v) is 1.27. The minimum atomic E-state index is 0.366. The third-order valence-corrected chi connectivity index (χ3v) is 1.94. The molecule has 0 saturated heterocycles. The van der Waals surface area contributed by atoms with Gasteiger partial charge in [-0.1, -0.05) is 0 Å². The monoisotopic (exact) mass is 166 g/mol. The van der Waals surface area contributed by atoms with Crippen LogP contribution in [0.5, 0.6) is 0 Å². The first-order valence-corrected chi connectivity index (χ1v) is 4.13. The molecule has 0 atom stereocenters. The Bertz CT molecular complexity index is 276. The lowest BCUT2D eigenvalue weighted by atomic mass is 10.2. The van der Waals surface area contributed by atoms with Crippen LogP contribution in [-0.2, 0) is 11.2 Å². The molecular weight excluding hydrogens is 152 g/mol. The van der Waals surface area contributed by atoms with Crippen LogP contribution in [-0.4, -0.2) is 16.1 Å². The van der Waals surface area contributed by atoms with Crippen LogP contribution in [0.25, 0.3) is 0 Å². The van der Waals surface area contributed by atoms with Crippen molar-refractivity contribution in [3.05, 3.63) is 17.5 Å². The Morgan fingerprint density at radius 2 is 2.33 bits per heavy atom. The lowest BCUT2D eigenvalue weighted by Crippen LogP contribution is -2.05. The van der Waals surface area contributed by atoms with Crippen molar-refractivity contribution in [1.29, 1.82) is 0 Å². The third-order valence-electron chi connectivity index (χ3n) is 1.94. The van der Waals surface area contributed by atoms with Crippen molar-refractivity contribution in [1.82, 2.24) is 9.78 Å². The van der Waals surface area contributed by atoms with Gasteiger partial charge in [0.15, 0.2) is 0 Å². The van der Waals surface area contributed by atoms with E-state index < -0.39 is 0 Å². The van der Waals surface area contributed by atoms with Crippen molar-refractivity contribution in [3.63, 3.8) is 0 Å². The van der Waals surface area contributed by atoms with Crippen LogP contribution in [0, 0.1) is 6.92 Å². The number of aldehydes is 1. The maximum Gasteiger partial charge on any atom is 0.124 e. The predicted octanol–water partition coefficient (Wildman–Crippen LogP) is 1.51. The molecule has 0 amide bonds. The van der Waals surface area contributed by atoms with Gasteiger partial charge in [0.2, 0.25) is 0 Å². The van der Waals surface area contributed by atoms with Crippen molar-refractivity contribution in [3.8, 4) is 0 Å². The molecule has 0 bridgehead atoms. The summed E-state index contributed by atoms with van der Waals surface area (Å²) >= 11 is 0. The molecule has 0 radical (unpaired) electrons. The van der Waals surface area contributed by atoms with Crippen molar-refractivity contribution >= 4 is 6.29 Å². The molecule has 0 N–H and O–H groups in total. The number of carbonyl (C=O) groups excluding carboxylic acids is 1. The first kappa shape index (κ1) is 8.97. The Hall–Kier alpha value is -1.12. The molecule has 0 aromatic carbocycles. The van der Waals surface area contributed by atoms with E-state index in [1.54, 1.807) is 6.20 Å². The predicted molar refractivity (Wildman–Crippen MR) is 47.1 cm³/mol. The number of aromatic nitrogens is 2. The van der Waals surface area contributed by atoms with Gasteiger partial charge in [0, 0.05) is 23.7 Å². The summed E-state index contributed by atoms with van der Waals surface area (Å²) in [6.45, 7) is 6.14. The van der Waals surface area contributed by atoms with E-state index in [9.17, 15) is 4.79 Å². The Kier molecular flexibility index (Phi) is 2.63. The largest absolute Gasteiger partial charge is 0.303 e. The van der Waals surface area contributed by atoms with Crippen LogP contribution >= 0.6 is 0 Å². The molecule has 66 valence electrons. The highest BCUT2D eigenvalue weighted by molar-refractivity contribution is 5.55. The van der Waals surface area contributed by atoms with Crippen LogP contribution in [0.3, 0.4) is 0 Å². The van der Waals surface area contributed by atoms with Gasteiger partial charge < -0.3 is 4.79 Å². The van der Waals surface area contributed by atoms with Crippen LogP contribution in [0.4, 0.5) is 0 Å². The van der Waals surface area contributed by atoms with Crippen molar-refractivity contribution in [2.75, 3.05) is 0 Å². The van der Waals surface area contributed by atoms with Crippen molar-refractivity contribution < 1.29 is 4.79 Å².